The maximum atomic E-state index is 12.2. The van der Waals surface area contributed by atoms with E-state index < -0.39 is 11.8 Å². The van der Waals surface area contributed by atoms with Crippen molar-refractivity contribution in [2.24, 2.45) is 0 Å². The van der Waals surface area contributed by atoms with Crippen LogP contribution in [0.4, 0.5) is 5.69 Å². The number of hydrogen-bond donors (Lipinski definition) is 2. The molecule has 2 amide bonds. The van der Waals surface area contributed by atoms with Crippen LogP contribution in [0.25, 0.3) is 5.69 Å². The third-order valence-corrected chi connectivity index (χ3v) is 3.68. The van der Waals surface area contributed by atoms with E-state index in [0.29, 0.717) is 16.4 Å². The van der Waals surface area contributed by atoms with Gasteiger partial charge in [-0.1, -0.05) is 17.7 Å². The van der Waals surface area contributed by atoms with Crippen molar-refractivity contribution in [1.82, 2.24) is 20.1 Å². The standard InChI is InChI=1S/C17H14ClN5O2/c18-13-3-1-4-14(15(13)23-10-2-7-21-23)22-17(25)16(24)20-11-12-5-8-19-9-6-12/h1-10H,11H2,(H,20,24)(H,22,25). The quantitative estimate of drug-likeness (QED) is 0.702. The first-order chi connectivity index (χ1) is 12.1. The van der Waals surface area contributed by atoms with Gasteiger partial charge in [0, 0.05) is 31.3 Å². The second-order valence-corrected chi connectivity index (χ2v) is 5.49. The van der Waals surface area contributed by atoms with Gasteiger partial charge in [0.1, 0.15) is 5.69 Å². The number of nitrogens with one attached hydrogen (secondary N) is 2. The zero-order valence-electron chi connectivity index (χ0n) is 13.0. The number of aromatic nitrogens is 3. The molecule has 2 aromatic heterocycles. The van der Waals surface area contributed by atoms with Gasteiger partial charge in [0.2, 0.25) is 0 Å². The van der Waals surface area contributed by atoms with E-state index in [1.54, 1.807) is 61.2 Å². The Morgan fingerprint density at radius 2 is 1.84 bits per heavy atom. The van der Waals surface area contributed by atoms with Crippen molar-refractivity contribution in [2.45, 2.75) is 6.54 Å². The van der Waals surface area contributed by atoms with Crippen LogP contribution in [0.5, 0.6) is 0 Å². The number of pyridine rings is 1. The Morgan fingerprint density at radius 1 is 1.04 bits per heavy atom. The Morgan fingerprint density at radius 3 is 2.56 bits per heavy atom. The third-order valence-electron chi connectivity index (χ3n) is 3.38. The van der Waals surface area contributed by atoms with Crippen LogP contribution < -0.4 is 10.6 Å². The van der Waals surface area contributed by atoms with Crippen LogP contribution in [-0.4, -0.2) is 26.6 Å². The molecule has 0 aliphatic carbocycles. The fourth-order valence-electron chi connectivity index (χ4n) is 2.19. The minimum absolute atomic E-state index is 0.232. The molecule has 0 saturated heterocycles. The zero-order valence-corrected chi connectivity index (χ0v) is 13.8. The van der Waals surface area contributed by atoms with E-state index in [4.69, 9.17) is 11.6 Å². The number of carbonyl (C=O) groups is 2. The van der Waals surface area contributed by atoms with Gasteiger partial charge in [0.15, 0.2) is 0 Å². The lowest BCUT2D eigenvalue weighted by Gasteiger charge is -2.12. The van der Waals surface area contributed by atoms with E-state index in [9.17, 15) is 9.59 Å². The summed E-state index contributed by atoms with van der Waals surface area (Å²) in [7, 11) is 0. The fraction of sp³-hybridized carbons (Fsp3) is 0.0588. The van der Waals surface area contributed by atoms with Gasteiger partial charge in [-0.05, 0) is 35.9 Å². The Kier molecular flexibility index (Phi) is 5.06. The van der Waals surface area contributed by atoms with Gasteiger partial charge in [-0.15, -0.1) is 0 Å². The second kappa shape index (κ2) is 7.59. The summed E-state index contributed by atoms with van der Waals surface area (Å²) >= 11 is 6.21. The normalized spacial score (nSPS) is 10.3. The molecule has 3 rings (SSSR count). The van der Waals surface area contributed by atoms with Gasteiger partial charge in [-0.2, -0.15) is 5.10 Å². The molecular weight excluding hydrogens is 342 g/mol. The molecule has 0 aliphatic rings. The number of nitrogens with zero attached hydrogens (tertiary/aromatic N) is 3. The first-order valence-corrected chi connectivity index (χ1v) is 7.79. The predicted octanol–water partition coefficient (Wildman–Crippen LogP) is 2.18. The van der Waals surface area contributed by atoms with E-state index in [2.05, 4.69) is 20.7 Å². The molecule has 0 bridgehead atoms. The molecule has 2 N–H and O–H groups in total. The topological polar surface area (TPSA) is 88.9 Å². The van der Waals surface area contributed by atoms with E-state index in [-0.39, 0.29) is 6.54 Å². The molecule has 3 aromatic rings. The highest BCUT2D eigenvalue weighted by Gasteiger charge is 2.17. The minimum atomic E-state index is -0.787. The Balaban J connectivity index is 1.71. The molecule has 0 aliphatic heterocycles. The number of rotatable bonds is 4. The van der Waals surface area contributed by atoms with Crippen LogP contribution in [0.3, 0.4) is 0 Å². The Hall–Kier alpha value is -3.19. The number of halogens is 1. The summed E-state index contributed by atoms with van der Waals surface area (Å²) in [5.74, 6) is -1.53. The monoisotopic (exact) mass is 355 g/mol. The fourth-order valence-corrected chi connectivity index (χ4v) is 2.45. The minimum Gasteiger partial charge on any atom is -0.344 e. The van der Waals surface area contributed by atoms with Crippen molar-refractivity contribution in [2.75, 3.05) is 5.32 Å². The molecule has 7 nitrogen and oxygen atoms in total. The summed E-state index contributed by atoms with van der Waals surface area (Å²) in [5.41, 5.74) is 1.72. The summed E-state index contributed by atoms with van der Waals surface area (Å²) < 4.78 is 1.52. The molecule has 0 atom stereocenters. The molecule has 0 spiro atoms. The molecule has 0 saturated carbocycles. The highest BCUT2D eigenvalue weighted by molar-refractivity contribution is 6.40. The maximum absolute atomic E-state index is 12.2. The molecule has 25 heavy (non-hydrogen) atoms. The van der Waals surface area contributed by atoms with Gasteiger partial charge in [0.25, 0.3) is 0 Å². The molecule has 0 radical (unpaired) electrons. The van der Waals surface area contributed by atoms with Gasteiger partial charge in [-0.3, -0.25) is 14.6 Å². The van der Waals surface area contributed by atoms with Crippen molar-refractivity contribution in [3.8, 4) is 5.69 Å². The highest BCUT2D eigenvalue weighted by Crippen LogP contribution is 2.27. The Bertz CT molecular complexity index is 881. The molecule has 2 heterocycles. The van der Waals surface area contributed by atoms with Crippen LogP contribution in [-0.2, 0) is 16.1 Å². The number of carbonyl (C=O) groups excluding carboxylic acids is 2. The maximum Gasteiger partial charge on any atom is 0.313 e. The van der Waals surface area contributed by atoms with E-state index >= 15 is 0 Å². The van der Waals surface area contributed by atoms with Crippen LogP contribution in [0.2, 0.25) is 5.02 Å². The number of anilines is 1. The number of hydrogen-bond acceptors (Lipinski definition) is 4. The smallest absolute Gasteiger partial charge is 0.313 e. The SMILES string of the molecule is O=C(NCc1ccncc1)C(=O)Nc1cccc(Cl)c1-n1cccn1. The van der Waals surface area contributed by atoms with Gasteiger partial charge in [0.05, 0.1) is 10.7 Å². The first kappa shape index (κ1) is 16.7. The summed E-state index contributed by atoms with van der Waals surface area (Å²) in [5, 5.41) is 9.63. The summed E-state index contributed by atoms with van der Waals surface area (Å²) in [6.07, 6.45) is 6.52. The summed E-state index contributed by atoms with van der Waals surface area (Å²) in [6.45, 7) is 0.232. The van der Waals surface area contributed by atoms with Crippen molar-refractivity contribution in [3.63, 3.8) is 0 Å². The number of amides is 2. The third kappa shape index (κ3) is 4.02. The van der Waals surface area contributed by atoms with Gasteiger partial charge in [-0.25, -0.2) is 4.68 Å². The second-order valence-electron chi connectivity index (χ2n) is 5.08. The molecule has 126 valence electrons. The number of para-hydroxylation sites is 1. The van der Waals surface area contributed by atoms with Crippen molar-refractivity contribution >= 4 is 29.1 Å². The van der Waals surface area contributed by atoms with Gasteiger partial charge < -0.3 is 10.6 Å². The predicted molar refractivity (Wildman–Crippen MR) is 93.3 cm³/mol. The average molecular weight is 356 g/mol. The van der Waals surface area contributed by atoms with Crippen molar-refractivity contribution in [1.29, 1.82) is 0 Å². The van der Waals surface area contributed by atoms with Crippen molar-refractivity contribution in [3.05, 3.63) is 71.8 Å². The van der Waals surface area contributed by atoms with Crippen LogP contribution in [0.1, 0.15) is 5.56 Å². The lowest BCUT2D eigenvalue weighted by Crippen LogP contribution is -2.35. The first-order valence-electron chi connectivity index (χ1n) is 7.42. The lowest BCUT2D eigenvalue weighted by molar-refractivity contribution is -0.136. The van der Waals surface area contributed by atoms with E-state index in [0.717, 1.165) is 5.56 Å². The van der Waals surface area contributed by atoms with Crippen molar-refractivity contribution < 1.29 is 9.59 Å². The molecule has 8 heteroatoms. The molecule has 1 aromatic carbocycles. The largest absolute Gasteiger partial charge is 0.344 e. The summed E-state index contributed by atoms with van der Waals surface area (Å²) in [6, 6.07) is 10.3. The molecule has 0 fully saturated rings. The Labute approximate surface area is 148 Å². The van der Waals surface area contributed by atoms with E-state index in [1.165, 1.54) is 4.68 Å². The van der Waals surface area contributed by atoms with Crippen LogP contribution >= 0.6 is 11.6 Å². The average Bonchev–Trinajstić information content (AvgIpc) is 3.14. The molecule has 0 unspecified atom stereocenters. The zero-order chi connectivity index (χ0) is 17.6. The van der Waals surface area contributed by atoms with Gasteiger partial charge >= 0.3 is 11.8 Å². The van der Waals surface area contributed by atoms with E-state index in [1.807, 2.05) is 0 Å². The lowest BCUT2D eigenvalue weighted by atomic mass is 10.2. The van der Waals surface area contributed by atoms with Crippen LogP contribution in [0, 0.1) is 0 Å². The van der Waals surface area contributed by atoms with Crippen LogP contribution in [0.15, 0.2) is 61.2 Å². The number of benzene rings is 1. The molecular formula is C17H14ClN5O2. The highest BCUT2D eigenvalue weighted by atomic mass is 35.5. The summed E-state index contributed by atoms with van der Waals surface area (Å²) in [4.78, 5) is 28.1.